The van der Waals surface area contributed by atoms with Gasteiger partial charge in [-0.3, -0.25) is 14.9 Å². The molecule has 0 saturated carbocycles. The summed E-state index contributed by atoms with van der Waals surface area (Å²) < 4.78 is 10.9. The van der Waals surface area contributed by atoms with E-state index >= 15 is 0 Å². The number of barbiturate groups is 1. The Morgan fingerprint density at radius 1 is 1.10 bits per heavy atom. The second kappa shape index (κ2) is 9.45. The third-order valence-electron chi connectivity index (χ3n) is 4.45. The number of rotatable bonds is 7. The summed E-state index contributed by atoms with van der Waals surface area (Å²) in [4.78, 5) is 38.6. The van der Waals surface area contributed by atoms with Gasteiger partial charge in [-0.2, -0.15) is 0 Å². The average Bonchev–Trinajstić information content (AvgIpc) is 2.72. The van der Waals surface area contributed by atoms with Crippen LogP contribution in [-0.4, -0.2) is 31.6 Å². The van der Waals surface area contributed by atoms with Crippen molar-refractivity contribution in [3.05, 3.63) is 58.6 Å². The lowest BCUT2D eigenvalue weighted by molar-refractivity contribution is -0.122. The monoisotopic (exact) mass is 428 g/mol. The van der Waals surface area contributed by atoms with Crippen molar-refractivity contribution >= 4 is 41.2 Å². The molecule has 1 N–H and O–H groups in total. The molecule has 1 aliphatic heterocycles. The number of ether oxygens (including phenoxy) is 2. The molecule has 0 bridgehead atoms. The van der Waals surface area contributed by atoms with Gasteiger partial charge in [0.25, 0.3) is 11.8 Å². The van der Waals surface area contributed by atoms with E-state index in [4.69, 9.17) is 21.1 Å². The fourth-order valence-electron chi connectivity index (χ4n) is 2.89. The van der Waals surface area contributed by atoms with Gasteiger partial charge in [-0.15, -0.1) is 0 Å². The van der Waals surface area contributed by atoms with Crippen LogP contribution < -0.4 is 19.7 Å². The molecule has 4 amide bonds. The number of hydrogen-bond donors (Lipinski definition) is 1. The molecule has 0 aromatic heterocycles. The topological polar surface area (TPSA) is 84.9 Å². The highest BCUT2D eigenvalue weighted by Crippen LogP contribution is 2.28. The van der Waals surface area contributed by atoms with Gasteiger partial charge in [0.1, 0.15) is 17.1 Å². The molecule has 30 heavy (non-hydrogen) atoms. The Morgan fingerprint density at radius 2 is 1.83 bits per heavy atom. The summed E-state index contributed by atoms with van der Waals surface area (Å²) in [5, 5.41) is 2.61. The normalized spacial score (nSPS) is 15.4. The number of urea groups is 1. The Kier molecular flexibility index (Phi) is 6.74. The molecule has 8 heteroatoms. The van der Waals surface area contributed by atoms with Crippen molar-refractivity contribution in [1.29, 1.82) is 0 Å². The highest BCUT2D eigenvalue weighted by molar-refractivity contribution is 6.39. The number of amides is 4. The average molecular weight is 429 g/mol. The lowest BCUT2D eigenvalue weighted by Crippen LogP contribution is -2.54. The third-order valence-corrected chi connectivity index (χ3v) is 4.69. The molecule has 1 saturated heterocycles. The van der Waals surface area contributed by atoms with E-state index in [0.717, 1.165) is 17.7 Å². The first-order valence-electron chi connectivity index (χ1n) is 9.42. The van der Waals surface area contributed by atoms with Crippen LogP contribution in [0.1, 0.15) is 25.3 Å². The number of nitrogens with one attached hydrogen (secondary N) is 1. The number of benzene rings is 2. The maximum Gasteiger partial charge on any atom is 0.335 e. The van der Waals surface area contributed by atoms with E-state index in [-0.39, 0.29) is 5.57 Å². The number of nitrogens with zero attached hydrogens (tertiary/aromatic N) is 1. The van der Waals surface area contributed by atoms with E-state index in [1.54, 1.807) is 42.5 Å². The molecule has 3 rings (SSSR count). The van der Waals surface area contributed by atoms with Gasteiger partial charge >= 0.3 is 6.03 Å². The molecule has 2 aromatic rings. The summed E-state index contributed by atoms with van der Waals surface area (Å²) in [6.07, 6.45) is 3.29. The van der Waals surface area contributed by atoms with Gasteiger partial charge in [0.05, 0.1) is 19.4 Å². The van der Waals surface area contributed by atoms with Crippen molar-refractivity contribution in [2.75, 3.05) is 18.6 Å². The molecule has 2 aromatic carbocycles. The van der Waals surface area contributed by atoms with Crippen molar-refractivity contribution in [3.8, 4) is 11.5 Å². The minimum atomic E-state index is -0.820. The molecule has 7 nitrogen and oxygen atoms in total. The van der Waals surface area contributed by atoms with Crippen LogP contribution in [0.5, 0.6) is 11.5 Å². The zero-order valence-electron chi connectivity index (χ0n) is 16.6. The van der Waals surface area contributed by atoms with E-state index in [2.05, 4.69) is 12.2 Å². The van der Waals surface area contributed by atoms with E-state index in [1.807, 2.05) is 0 Å². The summed E-state index contributed by atoms with van der Waals surface area (Å²) in [6, 6.07) is 10.5. The van der Waals surface area contributed by atoms with Crippen LogP contribution in [0.3, 0.4) is 0 Å². The highest BCUT2D eigenvalue weighted by atomic mass is 35.5. The van der Waals surface area contributed by atoms with Crippen molar-refractivity contribution in [2.45, 2.75) is 19.8 Å². The SMILES string of the molecule is CCCCOc1ccc(N2C(=O)NC(=O)/C(=C/c3cc(Cl)ccc3OC)C2=O)cc1. The Bertz CT molecular complexity index is 1000. The molecule has 1 heterocycles. The van der Waals surface area contributed by atoms with Crippen LogP contribution in [0.4, 0.5) is 10.5 Å². The lowest BCUT2D eigenvalue weighted by Gasteiger charge is -2.26. The van der Waals surface area contributed by atoms with E-state index in [1.165, 1.54) is 13.2 Å². The minimum Gasteiger partial charge on any atom is -0.496 e. The van der Waals surface area contributed by atoms with Gasteiger partial charge < -0.3 is 9.47 Å². The number of unbranched alkanes of at least 4 members (excludes halogenated alkanes) is 1. The molecular formula is C22H21ClN2O5. The predicted molar refractivity (Wildman–Crippen MR) is 114 cm³/mol. The quantitative estimate of drug-likeness (QED) is 0.406. The maximum absolute atomic E-state index is 13.0. The second-order valence-corrected chi connectivity index (χ2v) is 6.98. The molecule has 0 radical (unpaired) electrons. The van der Waals surface area contributed by atoms with Gasteiger partial charge in [-0.05, 0) is 55.0 Å². The van der Waals surface area contributed by atoms with E-state index in [0.29, 0.717) is 34.4 Å². The maximum atomic E-state index is 13.0. The number of imide groups is 2. The fourth-order valence-corrected chi connectivity index (χ4v) is 3.07. The third kappa shape index (κ3) is 4.63. The molecule has 0 atom stereocenters. The molecule has 1 aliphatic rings. The van der Waals surface area contributed by atoms with Crippen LogP contribution in [0.2, 0.25) is 5.02 Å². The Balaban J connectivity index is 1.90. The minimum absolute atomic E-state index is 0.210. The highest BCUT2D eigenvalue weighted by Gasteiger charge is 2.37. The van der Waals surface area contributed by atoms with Crippen LogP contribution in [0.25, 0.3) is 6.08 Å². The molecular weight excluding hydrogens is 408 g/mol. The first-order valence-corrected chi connectivity index (χ1v) is 9.80. The Morgan fingerprint density at radius 3 is 2.50 bits per heavy atom. The zero-order chi connectivity index (χ0) is 21.7. The second-order valence-electron chi connectivity index (χ2n) is 6.54. The first kappa shape index (κ1) is 21.4. The number of carbonyl (C=O) groups is 3. The van der Waals surface area contributed by atoms with Crippen LogP contribution in [0, 0.1) is 0 Å². The smallest absolute Gasteiger partial charge is 0.335 e. The van der Waals surface area contributed by atoms with Crippen molar-refractivity contribution in [1.82, 2.24) is 5.32 Å². The van der Waals surface area contributed by atoms with Crippen molar-refractivity contribution in [3.63, 3.8) is 0 Å². The number of anilines is 1. The number of hydrogen-bond acceptors (Lipinski definition) is 5. The van der Waals surface area contributed by atoms with Crippen molar-refractivity contribution in [2.24, 2.45) is 0 Å². The predicted octanol–water partition coefficient (Wildman–Crippen LogP) is 4.19. The molecule has 0 spiro atoms. The largest absolute Gasteiger partial charge is 0.496 e. The molecule has 0 unspecified atom stereocenters. The fraction of sp³-hybridized carbons (Fsp3) is 0.227. The van der Waals surface area contributed by atoms with Gasteiger partial charge in [0.2, 0.25) is 0 Å². The van der Waals surface area contributed by atoms with E-state index < -0.39 is 17.8 Å². The van der Waals surface area contributed by atoms with Gasteiger partial charge in [0.15, 0.2) is 0 Å². The number of halogens is 1. The molecule has 156 valence electrons. The summed E-state index contributed by atoms with van der Waals surface area (Å²) >= 11 is 6.03. The van der Waals surface area contributed by atoms with Gasteiger partial charge in [0, 0.05) is 10.6 Å². The number of methoxy groups -OCH3 is 1. The van der Waals surface area contributed by atoms with E-state index in [9.17, 15) is 14.4 Å². The Labute approximate surface area is 179 Å². The van der Waals surface area contributed by atoms with Crippen LogP contribution in [0.15, 0.2) is 48.0 Å². The summed E-state index contributed by atoms with van der Waals surface area (Å²) in [6.45, 7) is 2.65. The zero-order valence-corrected chi connectivity index (χ0v) is 17.4. The van der Waals surface area contributed by atoms with Crippen LogP contribution in [-0.2, 0) is 9.59 Å². The summed E-state index contributed by atoms with van der Waals surface area (Å²) in [5.74, 6) is -0.467. The van der Waals surface area contributed by atoms with Crippen LogP contribution >= 0.6 is 11.6 Å². The van der Waals surface area contributed by atoms with Crippen molar-refractivity contribution < 1.29 is 23.9 Å². The first-order chi connectivity index (χ1) is 14.4. The summed E-state index contributed by atoms with van der Waals surface area (Å²) in [7, 11) is 1.47. The van der Waals surface area contributed by atoms with Gasteiger partial charge in [-0.1, -0.05) is 24.9 Å². The summed E-state index contributed by atoms with van der Waals surface area (Å²) in [5.41, 5.74) is 0.549. The molecule has 0 aliphatic carbocycles. The van der Waals surface area contributed by atoms with Gasteiger partial charge in [-0.25, -0.2) is 9.69 Å². The molecule has 1 fully saturated rings. The number of carbonyl (C=O) groups excluding carboxylic acids is 3. The standard InChI is InChI=1S/C22H21ClN2O5/c1-3-4-11-30-17-8-6-16(7-9-17)25-21(27)18(20(26)24-22(25)28)13-14-12-15(23)5-10-19(14)29-2/h5-10,12-13H,3-4,11H2,1-2H3,(H,24,26,28)/b18-13-. The Hall–Kier alpha value is -3.32. The lowest BCUT2D eigenvalue weighted by atomic mass is 10.1.